The van der Waals surface area contributed by atoms with E-state index in [0.717, 1.165) is 19.3 Å². The zero-order valence-electron chi connectivity index (χ0n) is 13.1. The predicted molar refractivity (Wildman–Crippen MR) is 80.7 cm³/mol. The number of nitrogens with zero attached hydrogens (tertiary/aromatic N) is 3. The van der Waals surface area contributed by atoms with Crippen molar-refractivity contribution in [2.24, 2.45) is 0 Å². The molecule has 0 radical (unpaired) electrons. The first kappa shape index (κ1) is 16.2. The lowest BCUT2D eigenvalue weighted by atomic mass is 9.97. The first-order valence-corrected chi connectivity index (χ1v) is 7.46. The Hall–Kier alpha value is -2.18. The number of carbonyl (C=O) groups is 1. The van der Waals surface area contributed by atoms with Gasteiger partial charge in [-0.05, 0) is 55.1 Å². The summed E-state index contributed by atoms with van der Waals surface area (Å²) in [7, 11) is 0. The van der Waals surface area contributed by atoms with Crippen molar-refractivity contribution in [3.63, 3.8) is 0 Å². The van der Waals surface area contributed by atoms with Gasteiger partial charge in [0, 0.05) is 19.0 Å². The van der Waals surface area contributed by atoms with Crippen molar-refractivity contribution < 1.29 is 14.5 Å². The highest BCUT2D eigenvalue weighted by Gasteiger charge is 2.29. The third-order valence-corrected chi connectivity index (χ3v) is 3.98. The third-order valence-electron chi connectivity index (χ3n) is 3.98. The lowest BCUT2D eigenvalue weighted by molar-refractivity contribution is -0.390. The molecule has 1 aromatic rings. The SMILES string of the molecule is Cc1ccc(OCC(=O)N2[C@H](C)CCC[C@H]2C)c([N+](=O)[O-])n1. The monoisotopic (exact) mass is 307 g/mol. The fourth-order valence-corrected chi connectivity index (χ4v) is 2.90. The van der Waals surface area contributed by atoms with Gasteiger partial charge in [-0.15, -0.1) is 0 Å². The van der Waals surface area contributed by atoms with Crippen LogP contribution in [0.1, 0.15) is 38.8 Å². The number of likely N-dealkylation sites (tertiary alicyclic amines) is 1. The Morgan fingerprint density at radius 1 is 1.41 bits per heavy atom. The summed E-state index contributed by atoms with van der Waals surface area (Å²) >= 11 is 0. The van der Waals surface area contributed by atoms with E-state index in [1.54, 1.807) is 13.0 Å². The van der Waals surface area contributed by atoms with Crippen LogP contribution in [-0.2, 0) is 4.79 Å². The van der Waals surface area contributed by atoms with Gasteiger partial charge in [0.2, 0.25) is 5.75 Å². The van der Waals surface area contributed by atoms with E-state index < -0.39 is 4.92 Å². The lowest BCUT2D eigenvalue weighted by Crippen LogP contribution is -2.49. The van der Waals surface area contributed by atoms with Gasteiger partial charge in [0.25, 0.3) is 5.91 Å². The molecule has 0 unspecified atom stereocenters. The van der Waals surface area contributed by atoms with E-state index in [2.05, 4.69) is 4.98 Å². The molecule has 1 aliphatic heterocycles. The number of aromatic nitrogens is 1. The summed E-state index contributed by atoms with van der Waals surface area (Å²) in [5.74, 6) is -0.469. The summed E-state index contributed by atoms with van der Waals surface area (Å²) in [5, 5.41) is 11.0. The van der Waals surface area contributed by atoms with Crippen LogP contribution in [0.25, 0.3) is 0 Å². The second-order valence-corrected chi connectivity index (χ2v) is 5.75. The van der Waals surface area contributed by atoms with Gasteiger partial charge in [0.1, 0.15) is 5.69 Å². The number of piperidine rings is 1. The van der Waals surface area contributed by atoms with Crippen LogP contribution >= 0.6 is 0 Å². The lowest BCUT2D eigenvalue weighted by Gasteiger charge is -2.38. The highest BCUT2D eigenvalue weighted by atomic mass is 16.6. The molecule has 2 atom stereocenters. The number of carbonyl (C=O) groups excluding carboxylic acids is 1. The zero-order chi connectivity index (χ0) is 16.3. The van der Waals surface area contributed by atoms with Crippen molar-refractivity contribution in [1.82, 2.24) is 9.88 Å². The van der Waals surface area contributed by atoms with Crippen LogP contribution in [0.3, 0.4) is 0 Å². The average molecular weight is 307 g/mol. The maximum atomic E-state index is 12.4. The Balaban J connectivity index is 2.06. The second kappa shape index (κ2) is 6.72. The highest BCUT2D eigenvalue weighted by molar-refractivity contribution is 5.78. The molecule has 7 nitrogen and oxygen atoms in total. The van der Waals surface area contributed by atoms with Gasteiger partial charge in [0.15, 0.2) is 6.61 Å². The van der Waals surface area contributed by atoms with Crippen molar-refractivity contribution in [2.45, 2.75) is 52.1 Å². The van der Waals surface area contributed by atoms with Crippen molar-refractivity contribution in [1.29, 1.82) is 0 Å². The molecule has 0 saturated carbocycles. The van der Waals surface area contributed by atoms with Crippen LogP contribution in [-0.4, -0.2) is 39.4 Å². The quantitative estimate of drug-likeness (QED) is 0.630. The number of aryl methyl sites for hydroxylation is 1. The molecule has 1 fully saturated rings. The van der Waals surface area contributed by atoms with E-state index >= 15 is 0 Å². The number of pyridine rings is 1. The van der Waals surface area contributed by atoms with Gasteiger partial charge in [-0.3, -0.25) is 4.79 Å². The van der Waals surface area contributed by atoms with Crippen molar-refractivity contribution >= 4 is 11.7 Å². The Bertz CT molecular complexity index is 566. The maximum Gasteiger partial charge on any atom is 0.406 e. The van der Waals surface area contributed by atoms with E-state index in [1.807, 2.05) is 18.7 Å². The first-order chi connectivity index (χ1) is 10.4. The number of hydrogen-bond acceptors (Lipinski definition) is 5. The van der Waals surface area contributed by atoms with Crippen LogP contribution in [0.4, 0.5) is 5.82 Å². The average Bonchev–Trinajstić information content (AvgIpc) is 2.45. The normalized spacial score (nSPS) is 21.5. The molecule has 120 valence electrons. The smallest absolute Gasteiger partial charge is 0.406 e. The van der Waals surface area contributed by atoms with E-state index in [4.69, 9.17) is 4.74 Å². The summed E-state index contributed by atoms with van der Waals surface area (Å²) in [6, 6.07) is 3.45. The predicted octanol–water partition coefficient (Wildman–Crippen LogP) is 2.47. The Morgan fingerprint density at radius 2 is 2.05 bits per heavy atom. The van der Waals surface area contributed by atoms with Crippen molar-refractivity contribution in [2.75, 3.05) is 6.61 Å². The molecule has 2 heterocycles. The largest absolute Gasteiger partial charge is 0.476 e. The molecule has 0 N–H and O–H groups in total. The molecule has 2 rings (SSSR count). The van der Waals surface area contributed by atoms with Crippen LogP contribution in [0.2, 0.25) is 0 Å². The number of ether oxygens (including phenoxy) is 1. The molecule has 7 heteroatoms. The molecular formula is C15H21N3O4. The zero-order valence-corrected chi connectivity index (χ0v) is 13.1. The van der Waals surface area contributed by atoms with Gasteiger partial charge >= 0.3 is 5.82 Å². The third kappa shape index (κ3) is 3.52. The van der Waals surface area contributed by atoms with E-state index in [0.29, 0.717) is 5.69 Å². The Labute approximate surface area is 129 Å². The molecule has 22 heavy (non-hydrogen) atoms. The minimum Gasteiger partial charge on any atom is -0.476 e. The molecule has 0 aromatic carbocycles. The van der Waals surface area contributed by atoms with Gasteiger partial charge in [-0.25, -0.2) is 0 Å². The Kier molecular flexibility index (Phi) is 4.95. The van der Waals surface area contributed by atoms with Crippen molar-refractivity contribution in [3.05, 3.63) is 27.9 Å². The van der Waals surface area contributed by atoms with Crippen molar-refractivity contribution in [3.8, 4) is 5.75 Å². The summed E-state index contributed by atoms with van der Waals surface area (Å²) < 4.78 is 5.37. The standard InChI is InChI=1S/C15H21N3O4/c1-10-7-8-13(15(16-10)18(20)21)22-9-14(19)17-11(2)5-4-6-12(17)3/h7-8,11-12H,4-6,9H2,1-3H3/t11-,12-/m1/s1. The topological polar surface area (TPSA) is 85.6 Å². The molecule has 1 aliphatic rings. The van der Waals surface area contributed by atoms with E-state index in [9.17, 15) is 14.9 Å². The Morgan fingerprint density at radius 3 is 2.64 bits per heavy atom. The number of nitro groups is 1. The minimum absolute atomic E-state index is 0.0289. The summed E-state index contributed by atoms with van der Waals surface area (Å²) in [5.41, 5.74) is 0.531. The maximum absolute atomic E-state index is 12.4. The van der Waals surface area contributed by atoms with Crippen LogP contribution in [0.5, 0.6) is 5.75 Å². The molecule has 1 amide bonds. The van der Waals surface area contributed by atoms with E-state index in [1.165, 1.54) is 6.07 Å². The van der Waals surface area contributed by atoms with Crippen LogP contribution < -0.4 is 4.74 Å². The fourth-order valence-electron chi connectivity index (χ4n) is 2.90. The van der Waals surface area contributed by atoms with Gasteiger partial charge in [-0.1, -0.05) is 0 Å². The summed E-state index contributed by atoms with van der Waals surface area (Å²) in [4.78, 5) is 28.4. The molecule has 0 spiro atoms. The number of amides is 1. The molecular weight excluding hydrogens is 286 g/mol. The van der Waals surface area contributed by atoms with E-state index in [-0.39, 0.29) is 36.2 Å². The summed E-state index contributed by atoms with van der Waals surface area (Å²) in [6.45, 7) is 5.49. The fraction of sp³-hybridized carbons (Fsp3) is 0.600. The first-order valence-electron chi connectivity index (χ1n) is 7.46. The van der Waals surface area contributed by atoms with Crippen LogP contribution in [0.15, 0.2) is 12.1 Å². The molecule has 0 bridgehead atoms. The minimum atomic E-state index is -0.598. The van der Waals surface area contributed by atoms with Crippen LogP contribution in [0, 0.1) is 17.0 Å². The number of rotatable bonds is 4. The highest BCUT2D eigenvalue weighted by Crippen LogP contribution is 2.26. The molecule has 0 aliphatic carbocycles. The molecule has 1 aromatic heterocycles. The van der Waals surface area contributed by atoms with Gasteiger partial charge in [0.05, 0.1) is 0 Å². The molecule has 1 saturated heterocycles. The number of hydrogen-bond donors (Lipinski definition) is 0. The van der Waals surface area contributed by atoms with Gasteiger partial charge < -0.3 is 19.8 Å². The summed E-state index contributed by atoms with van der Waals surface area (Å²) in [6.07, 6.45) is 3.06. The second-order valence-electron chi connectivity index (χ2n) is 5.75. The van der Waals surface area contributed by atoms with Gasteiger partial charge in [-0.2, -0.15) is 0 Å².